The van der Waals surface area contributed by atoms with Gasteiger partial charge >= 0.3 is 6.09 Å². The van der Waals surface area contributed by atoms with Gasteiger partial charge in [-0.2, -0.15) is 5.26 Å². The molecular formula is C28H34FN7O4S. The lowest BCUT2D eigenvalue weighted by Gasteiger charge is -2.48. The van der Waals surface area contributed by atoms with Crippen LogP contribution in [0.5, 0.6) is 0 Å². The molecule has 11 nitrogen and oxygen atoms in total. The highest BCUT2D eigenvalue weighted by atomic mass is 32.2. The molecule has 4 rings (SSSR count). The van der Waals surface area contributed by atoms with Crippen LogP contribution in [-0.4, -0.2) is 54.2 Å². The number of ether oxygens (including phenoxy) is 1. The number of amides is 2. The Labute approximate surface area is 239 Å². The summed E-state index contributed by atoms with van der Waals surface area (Å²) in [4.78, 5) is 39.1. The van der Waals surface area contributed by atoms with Gasteiger partial charge < -0.3 is 10.1 Å². The van der Waals surface area contributed by atoms with Gasteiger partial charge in [-0.15, -0.1) is 0 Å². The van der Waals surface area contributed by atoms with Crippen molar-refractivity contribution < 1.29 is 22.9 Å². The van der Waals surface area contributed by atoms with Gasteiger partial charge in [0, 0.05) is 12.7 Å². The van der Waals surface area contributed by atoms with Crippen LogP contribution in [0, 0.1) is 24.1 Å². The average Bonchev–Trinajstić information content (AvgIpc) is 2.87. The number of aryl methyl sites for hydroxylation is 1. The predicted octanol–water partition coefficient (Wildman–Crippen LogP) is 4.61. The van der Waals surface area contributed by atoms with Crippen LogP contribution < -0.4 is 10.6 Å². The number of nitrogens with zero attached hydrogens (tertiary/aromatic N) is 5. The number of carbonyl (C=O) groups is 2. The number of pyridine rings is 2. The van der Waals surface area contributed by atoms with E-state index in [1.807, 2.05) is 6.07 Å². The fourth-order valence-corrected chi connectivity index (χ4v) is 8.37. The van der Waals surface area contributed by atoms with Crippen molar-refractivity contribution in [3.8, 4) is 6.07 Å². The molecule has 0 aliphatic carbocycles. The Morgan fingerprint density at radius 2 is 1.93 bits per heavy atom. The molecule has 0 bridgehead atoms. The van der Waals surface area contributed by atoms with E-state index >= 15 is 4.39 Å². The van der Waals surface area contributed by atoms with E-state index in [4.69, 9.17) is 15.0 Å². The molecule has 4 heterocycles. The van der Waals surface area contributed by atoms with Crippen LogP contribution in [0.4, 0.5) is 15.0 Å². The van der Waals surface area contributed by atoms with Crippen molar-refractivity contribution >= 4 is 33.4 Å². The lowest BCUT2D eigenvalue weighted by molar-refractivity contribution is 0.0560. The Morgan fingerprint density at radius 1 is 1.22 bits per heavy atom. The number of fused-ring (bicyclic) bond motifs is 1. The molecule has 0 fully saturated rings. The Morgan fingerprint density at radius 3 is 2.56 bits per heavy atom. The second-order valence-corrected chi connectivity index (χ2v) is 14.8. The molecule has 41 heavy (non-hydrogen) atoms. The average molecular weight is 584 g/mol. The summed E-state index contributed by atoms with van der Waals surface area (Å²) >= 11 is 0. The van der Waals surface area contributed by atoms with Crippen molar-refractivity contribution in [2.45, 2.75) is 82.4 Å². The standard InChI is InChI=1S/C28H34FN7O4S/c1-16-13-17(14-30)15-31-21(16)23(37)34-20-11-10-18(29)22(33-20)28(7)19-9-8-12-32-41(19,39)27(5,6)24(36-28)35-25(38)40-26(2,3)4/h10-11,13,15,19H,8-9,12H2,1-7H3,(H,33,34,37)(H,35,36,38)/t19-,28+,41-/m1/s1. The summed E-state index contributed by atoms with van der Waals surface area (Å²) in [6.45, 7) is 12.2. The first-order chi connectivity index (χ1) is 19.0. The van der Waals surface area contributed by atoms with Crippen molar-refractivity contribution in [2.24, 2.45) is 9.36 Å². The van der Waals surface area contributed by atoms with Gasteiger partial charge in [-0.3, -0.25) is 15.1 Å². The Bertz CT molecular complexity index is 1620. The number of nitriles is 1. The van der Waals surface area contributed by atoms with Crippen LogP contribution in [0.2, 0.25) is 0 Å². The number of halogens is 1. The minimum absolute atomic E-state index is 0.0270. The molecule has 2 aliphatic heterocycles. The number of rotatable bonds is 3. The van der Waals surface area contributed by atoms with Crippen LogP contribution in [0.15, 0.2) is 33.8 Å². The minimum atomic E-state index is -3.12. The van der Waals surface area contributed by atoms with E-state index in [-0.39, 0.29) is 23.0 Å². The lowest BCUT2D eigenvalue weighted by Crippen LogP contribution is -2.62. The van der Waals surface area contributed by atoms with Gasteiger partial charge in [-0.25, -0.2) is 27.7 Å². The molecular weight excluding hydrogens is 549 g/mol. The number of hydrogen-bond donors (Lipinski definition) is 2. The topological polar surface area (TPSA) is 159 Å². The molecule has 2 N–H and O–H groups in total. The first kappa shape index (κ1) is 30.0. The molecule has 3 atom stereocenters. The van der Waals surface area contributed by atoms with E-state index in [9.17, 15) is 13.8 Å². The van der Waals surface area contributed by atoms with Crippen LogP contribution in [-0.2, 0) is 20.0 Å². The van der Waals surface area contributed by atoms with Crippen molar-refractivity contribution in [1.82, 2.24) is 15.3 Å². The number of amidine groups is 1. The molecule has 218 valence electrons. The molecule has 2 aliphatic rings. The predicted molar refractivity (Wildman–Crippen MR) is 153 cm³/mol. The van der Waals surface area contributed by atoms with E-state index in [0.29, 0.717) is 30.5 Å². The quantitative estimate of drug-likeness (QED) is 0.534. The smallest absolute Gasteiger partial charge is 0.413 e. The Balaban J connectivity index is 1.80. The van der Waals surface area contributed by atoms with Gasteiger partial charge in [0.25, 0.3) is 5.91 Å². The third-order valence-electron chi connectivity index (χ3n) is 7.17. The maximum Gasteiger partial charge on any atom is 0.413 e. The molecule has 2 aromatic heterocycles. The SMILES string of the molecule is Cc1cc(C#N)cnc1C(=O)Nc1ccc(F)c([C@@]2(C)N=C(NC(=O)OC(C)(C)C)C(C)(C)[S@@]3(=O)=NCCC[C@H]23)n1. The Hall–Kier alpha value is -3.92. The van der Waals surface area contributed by atoms with E-state index in [2.05, 4.69) is 25.0 Å². The maximum atomic E-state index is 15.6. The summed E-state index contributed by atoms with van der Waals surface area (Å²) in [5.41, 5.74) is -1.57. The molecule has 0 radical (unpaired) electrons. The third kappa shape index (κ3) is 5.53. The fourth-order valence-electron chi connectivity index (χ4n) is 5.11. The zero-order valence-electron chi connectivity index (χ0n) is 24.2. The minimum Gasteiger partial charge on any atom is -0.444 e. The van der Waals surface area contributed by atoms with Crippen LogP contribution in [0.25, 0.3) is 0 Å². The highest BCUT2D eigenvalue weighted by Gasteiger charge is 2.57. The van der Waals surface area contributed by atoms with E-state index < -0.39 is 48.7 Å². The summed E-state index contributed by atoms with van der Waals surface area (Å²) in [5.74, 6) is -1.24. The lowest BCUT2D eigenvalue weighted by atomic mass is 9.89. The van der Waals surface area contributed by atoms with E-state index in [1.165, 1.54) is 18.3 Å². The largest absolute Gasteiger partial charge is 0.444 e. The number of hydrogen-bond acceptors (Lipinski definition) is 9. The van der Waals surface area contributed by atoms with Gasteiger partial charge in [-0.05, 0) is 85.1 Å². The molecule has 0 unspecified atom stereocenters. The monoisotopic (exact) mass is 583 g/mol. The van der Waals surface area contributed by atoms with E-state index in [1.54, 1.807) is 48.5 Å². The van der Waals surface area contributed by atoms with Crippen LogP contribution in [0.1, 0.15) is 81.7 Å². The highest BCUT2D eigenvalue weighted by Crippen LogP contribution is 2.47. The summed E-state index contributed by atoms with van der Waals surface area (Å²) in [6, 6.07) is 5.96. The Kier molecular flexibility index (Phi) is 7.68. The molecule has 0 spiro atoms. The highest BCUT2D eigenvalue weighted by molar-refractivity contribution is 7.96. The number of nitrogens with one attached hydrogen (secondary N) is 2. The summed E-state index contributed by atoms with van der Waals surface area (Å²) < 4.78 is 39.0. The maximum absolute atomic E-state index is 15.6. The van der Waals surface area contributed by atoms with Crippen LogP contribution in [0.3, 0.4) is 0 Å². The van der Waals surface area contributed by atoms with Crippen LogP contribution >= 0.6 is 0 Å². The first-order valence-corrected chi connectivity index (χ1v) is 14.8. The third-order valence-corrected chi connectivity index (χ3v) is 10.9. The number of alkyl carbamates (subject to hydrolysis) is 1. The molecule has 0 aromatic carbocycles. The first-order valence-electron chi connectivity index (χ1n) is 13.2. The van der Waals surface area contributed by atoms with Crippen molar-refractivity contribution in [3.05, 3.63) is 52.7 Å². The van der Waals surface area contributed by atoms with E-state index in [0.717, 1.165) is 6.07 Å². The summed E-state index contributed by atoms with van der Waals surface area (Å²) in [7, 11) is -3.12. The number of carbonyl (C=O) groups excluding carboxylic acids is 2. The number of anilines is 1. The molecule has 2 amide bonds. The second kappa shape index (κ2) is 10.5. The van der Waals surface area contributed by atoms with Gasteiger partial charge in [0.1, 0.15) is 50.8 Å². The summed E-state index contributed by atoms with van der Waals surface area (Å²) in [6.07, 6.45) is 1.56. The van der Waals surface area contributed by atoms with Crippen molar-refractivity contribution in [2.75, 3.05) is 11.9 Å². The molecule has 0 saturated carbocycles. The summed E-state index contributed by atoms with van der Waals surface area (Å²) in [5, 5.41) is 13.6. The van der Waals surface area contributed by atoms with Gasteiger partial charge in [-0.1, -0.05) is 0 Å². The zero-order valence-corrected chi connectivity index (χ0v) is 25.0. The molecule has 0 saturated heterocycles. The van der Waals surface area contributed by atoms with Gasteiger partial charge in [0.15, 0.2) is 0 Å². The second-order valence-electron chi connectivity index (χ2n) is 11.8. The zero-order chi connectivity index (χ0) is 30.4. The normalized spacial score (nSPS) is 25.0. The van der Waals surface area contributed by atoms with Gasteiger partial charge in [0.2, 0.25) is 0 Å². The van der Waals surface area contributed by atoms with Gasteiger partial charge in [0.05, 0.1) is 20.5 Å². The number of aromatic nitrogens is 2. The molecule has 2 aromatic rings. The fraction of sp³-hybridized carbons (Fsp3) is 0.500. The number of aliphatic imine (C=N–C) groups is 1. The van der Waals surface area contributed by atoms with Crippen molar-refractivity contribution in [1.29, 1.82) is 5.26 Å². The van der Waals surface area contributed by atoms with Crippen molar-refractivity contribution in [3.63, 3.8) is 0 Å². The molecule has 13 heteroatoms.